The van der Waals surface area contributed by atoms with Crippen LogP contribution in [0.1, 0.15) is 12.7 Å². The van der Waals surface area contributed by atoms with Gasteiger partial charge in [0.2, 0.25) is 0 Å². The second-order valence-electron chi connectivity index (χ2n) is 3.79. The molecule has 0 spiro atoms. The Hall–Kier alpha value is -1.60. The van der Waals surface area contributed by atoms with Crippen molar-refractivity contribution in [1.29, 1.82) is 0 Å². The van der Waals surface area contributed by atoms with Gasteiger partial charge in [0.05, 0.1) is 12.6 Å². The summed E-state index contributed by atoms with van der Waals surface area (Å²) in [6.45, 7) is 3.80. The lowest BCUT2D eigenvalue weighted by molar-refractivity contribution is 0.414. The van der Waals surface area contributed by atoms with Crippen LogP contribution in [0.3, 0.4) is 0 Å². The minimum Gasteiger partial charge on any atom is -0.497 e. The predicted octanol–water partition coefficient (Wildman–Crippen LogP) is 0.950. The summed E-state index contributed by atoms with van der Waals surface area (Å²) >= 11 is 0. The van der Waals surface area contributed by atoms with Gasteiger partial charge < -0.3 is 9.14 Å². The zero-order chi connectivity index (χ0) is 13.3. The van der Waals surface area contributed by atoms with Crippen molar-refractivity contribution in [2.45, 2.75) is 18.9 Å². The number of ether oxygens (including phenoxy) is 1. The molecular formula is C11H15N3O3S. The van der Waals surface area contributed by atoms with E-state index in [1.807, 2.05) is 0 Å². The van der Waals surface area contributed by atoms with Gasteiger partial charge in [0.15, 0.2) is 5.03 Å². The first-order valence-electron chi connectivity index (χ1n) is 5.52. The van der Waals surface area contributed by atoms with Crippen LogP contribution in [-0.4, -0.2) is 31.5 Å². The predicted molar refractivity (Wildman–Crippen MR) is 67.3 cm³/mol. The Morgan fingerprint density at radius 2 is 2.22 bits per heavy atom. The van der Waals surface area contributed by atoms with Gasteiger partial charge in [-0.25, -0.2) is 18.1 Å². The molecule has 0 amide bonds. The molecule has 2 rings (SSSR count). The molecule has 0 aliphatic rings. The van der Waals surface area contributed by atoms with E-state index >= 15 is 0 Å². The Balaban J connectivity index is 2.71. The van der Waals surface area contributed by atoms with Crippen LogP contribution in [0.4, 0.5) is 0 Å². The highest BCUT2D eigenvalue weighted by Crippen LogP contribution is 2.22. The minimum absolute atomic E-state index is 0.0285. The van der Waals surface area contributed by atoms with Crippen LogP contribution in [-0.2, 0) is 10.0 Å². The highest BCUT2D eigenvalue weighted by Gasteiger charge is 2.21. The smallest absolute Gasteiger partial charge is 0.260 e. The largest absolute Gasteiger partial charge is 0.497 e. The molecule has 0 aliphatic heterocycles. The SMILES string of the molecule is CCNS(=O)(=O)c1nc(C)n2ccc(OC)cc12. The topological polar surface area (TPSA) is 72.7 Å². The fraction of sp³-hybridized carbons (Fsp3) is 0.364. The number of nitrogens with one attached hydrogen (secondary N) is 1. The van der Waals surface area contributed by atoms with E-state index in [0.717, 1.165) is 0 Å². The summed E-state index contributed by atoms with van der Waals surface area (Å²) in [5.74, 6) is 1.21. The maximum Gasteiger partial charge on any atom is 0.260 e. The third-order valence-corrected chi connectivity index (χ3v) is 4.06. The van der Waals surface area contributed by atoms with E-state index in [4.69, 9.17) is 4.74 Å². The molecule has 0 saturated heterocycles. The highest BCUT2D eigenvalue weighted by molar-refractivity contribution is 7.89. The summed E-state index contributed by atoms with van der Waals surface area (Å²) in [6, 6.07) is 3.41. The molecule has 7 heteroatoms. The number of imidazole rings is 1. The fourth-order valence-corrected chi connectivity index (χ4v) is 2.97. The van der Waals surface area contributed by atoms with Crippen LogP contribution >= 0.6 is 0 Å². The number of hydrogen-bond donors (Lipinski definition) is 1. The Morgan fingerprint density at radius 3 is 2.83 bits per heavy atom. The van der Waals surface area contributed by atoms with Crippen LogP contribution in [0.25, 0.3) is 5.52 Å². The van der Waals surface area contributed by atoms with E-state index < -0.39 is 10.0 Å². The second kappa shape index (κ2) is 4.58. The van der Waals surface area contributed by atoms with Gasteiger partial charge >= 0.3 is 0 Å². The van der Waals surface area contributed by atoms with Gasteiger partial charge in [0.1, 0.15) is 11.6 Å². The summed E-state index contributed by atoms with van der Waals surface area (Å²) in [7, 11) is -2.04. The first kappa shape index (κ1) is 12.8. The maximum absolute atomic E-state index is 12.0. The Morgan fingerprint density at radius 1 is 1.50 bits per heavy atom. The lowest BCUT2D eigenvalue weighted by atomic mass is 10.4. The second-order valence-corrected chi connectivity index (χ2v) is 5.47. The van der Waals surface area contributed by atoms with Gasteiger partial charge in [-0.2, -0.15) is 0 Å². The number of rotatable bonds is 4. The fourth-order valence-electron chi connectivity index (χ4n) is 1.77. The lowest BCUT2D eigenvalue weighted by Crippen LogP contribution is -2.23. The number of methoxy groups -OCH3 is 1. The summed E-state index contributed by atoms with van der Waals surface area (Å²) in [4.78, 5) is 4.11. The van der Waals surface area contributed by atoms with E-state index in [1.165, 1.54) is 7.11 Å². The van der Waals surface area contributed by atoms with Gasteiger partial charge in [0.25, 0.3) is 10.0 Å². The molecule has 1 N–H and O–H groups in total. The first-order valence-corrected chi connectivity index (χ1v) is 7.00. The molecule has 2 aromatic heterocycles. The van der Waals surface area contributed by atoms with Crippen LogP contribution < -0.4 is 9.46 Å². The van der Waals surface area contributed by atoms with E-state index in [1.54, 1.807) is 36.6 Å². The van der Waals surface area contributed by atoms with Gasteiger partial charge in [-0.3, -0.25) is 0 Å². The van der Waals surface area contributed by atoms with E-state index in [9.17, 15) is 8.42 Å². The quantitative estimate of drug-likeness (QED) is 0.897. The zero-order valence-corrected chi connectivity index (χ0v) is 11.3. The molecule has 98 valence electrons. The summed E-state index contributed by atoms with van der Waals surface area (Å²) in [5.41, 5.74) is 0.507. The van der Waals surface area contributed by atoms with Crippen molar-refractivity contribution in [1.82, 2.24) is 14.1 Å². The molecule has 6 nitrogen and oxygen atoms in total. The van der Waals surface area contributed by atoms with Crippen LogP contribution in [0.15, 0.2) is 23.4 Å². The van der Waals surface area contributed by atoms with Crippen LogP contribution in [0, 0.1) is 6.92 Å². The van der Waals surface area contributed by atoms with Gasteiger partial charge in [-0.1, -0.05) is 6.92 Å². The molecule has 0 atom stereocenters. The maximum atomic E-state index is 12.0. The summed E-state index contributed by atoms with van der Waals surface area (Å²) in [6.07, 6.45) is 1.74. The zero-order valence-electron chi connectivity index (χ0n) is 10.5. The monoisotopic (exact) mass is 269 g/mol. The third-order valence-electron chi connectivity index (χ3n) is 2.58. The molecule has 0 radical (unpaired) electrons. The van der Waals surface area contributed by atoms with Crippen LogP contribution in [0.2, 0.25) is 0 Å². The molecule has 0 aliphatic carbocycles. The normalized spacial score (nSPS) is 11.9. The Bertz CT molecular complexity index is 676. The van der Waals surface area contributed by atoms with Crippen molar-refractivity contribution in [3.63, 3.8) is 0 Å². The number of pyridine rings is 1. The number of aromatic nitrogens is 2. The number of aryl methyl sites for hydroxylation is 1. The number of nitrogens with zero attached hydrogens (tertiary/aromatic N) is 2. The molecule has 2 aromatic rings. The number of sulfonamides is 1. The van der Waals surface area contributed by atoms with Crippen molar-refractivity contribution in [3.8, 4) is 5.75 Å². The Labute approximate surface area is 106 Å². The van der Waals surface area contributed by atoms with Crippen molar-refractivity contribution >= 4 is 15.5 Å². The van der Waals surface area contributed by atoms with Crippen molar-refractivity contribution in [3.05, 3.63) is 24.2 Å². The van der Waals surface area contributed by atoms with E-state index in [2.05, 4.69) is 9.71 Å². The molecule has 18 heavy (non-hydrogen) atoms. The van der Waals surface area contributed by atoms with Gasteiger partial charge in [-0.15, -0.1) is 0 Å². The summed E-state index contributed by atoms with van der Waals surface area (Å²) < 4.78 is 33.3. The Kier molecular flexibility index (Phi) is 3.27. The average molecular weight is 269 g/mol. The van der Waals surface area contributed by atoms with Gasteiger partial charge in [0, 0.05) is 18.8 Å². The van der Waals surface area contributed by atoms with Crippen molar-refractivity contribution in [2.75, 3.05) is 13.7 Å². The third kappa shape index (κ3) is 2.06. The molecular weight excluding hydrogens is 254 g/mol. The van der Waals surface area contributed by atoms with Crippen LogP contribution in [0.5, 0.6) is 5.75 Å². The standard InChI is InChI=1S/C11H15N3O3S/c1-4-12-18(15,16)11-10-7-9(17-3)5-6-14(10)8(2)13-11/h5-7,12H,4H2,1-3H3. The van der Waals surface area contributed by atoms with Crippen molar-refractivity contribution in [2.24, 2.45) is 0 Å². The minimum atomic E-state index is -3.58. The lowest BCUT2D eigenvalue weighted by Gasteiger charge is -2.03. The molecule has 0 aromatic carbocycles. The average Bonchev–Trinajstić information content (AvgIpc) is 2.67. The molecule has 0 unspecified atom stereocenters. The molecule has 2 heterocycles. The van der Waals surface area contributed by atoms with Gasteiger partial charge in [-0.05, 0) is 13.0 Å². The summed E-state index contributed by atoms with van der Waals surface area (Å²) in [5, 5.41) is 0.0285. The highest BCUT2D eigenvalue weighted by atomic mass is 32.2. The molecule has 0 saturated carbocycles. The van der Waals surface area contributed by atoms with E-state index in [-0.39, 0.29) is 5.03 Å². The molecule has 0 bridgehead atoms. The van der Waals surface area contributed by atoms with Crippen molar-refractivity contribution < 1.29 is 13.2 Å². The number of hydrogen-bond acceptors (Lipinski definition) is 4. The first-order chi connectivity index (χ1) is 8.49. The number of fused-ring (bicyclic) bond motifs is 1. The van der Waals surface area contributed by atoms with E-state index in [0.29, 0.717) is 23.6 Å². The molecule has 0 fully saturated rings.